The van der Waals surface area contributed by atoms with Crippen LogP contribution in [0.3, 0.4) is 0 Å². The highest BCUT2D eigenvalue weighted by Crippen LogP contribution is 2.58. The highest BCUT2D eigenvalue weighted by molar-refractivity contribution is 6.08. The summed E-state index contributed by atoms with van der Waals surface area (Å²) in [5.41, 5.74) is 17.9. The number of hydrogen-bond donors (Lipinski definition) is 0. The molecule has 0 bridgehead atoms. The van der Waals surface area contributed by atoms with Crippen LogP contribution in [-0.2, 0) is 10.8 Å². The number of fused-ring (bicyclic) bond motifs is 10. The summed E-state index contributed by atoms with van der Waals surface area (Å²) in [6, 6.07) is 52.3. The van der Waals surface area contributed by atoms with Gasteiger partial charge in [0.1, 0.15) is 16.7 Å². The number of nitrogens with zero attached hydrogens (tertiary/aromatic N) is 2. The number of anilines is 3. The lowest BCUT2D eigenvalue weighted by atomic mass is 9.82. The third-order valence-corrected chi connectivity index (χ3v) is 11.9. The molecule has 2 aliphatic rings. The molecule has 0 fully saturated rings. The van der Waals surface area contributed by atoms with E-state index in [9.17, 15) is 0 Å². The molecule has 0 saturated carbocycles. The Morgan fingerprint density at radius 3 is 1.74 bits per heavy atom. The number of rotatable bonds is 4. The standard InChI is InChI=1S/C49H36N2O2/c1-48(2)35-15-7-5-13-32(35)45-37(48)17-11-20-40(45)51(41-21-12-18-38-46(41)33-14-6-8-16-36(33)49(38,3)4)30-24-26-42-34(28-30)31-25-23-29(27-44(31)52-42)47-50-39-19-9-10-22-43(39)53-47/h5-28H,1-4H3. The maximum atomic E-state index is 6.54. The first kappa shape index (κ1) is 30.3. The zero-order chi connectivity index (χ0) is 35.6. The Morgan fingerprint density at radius 2 is 1.08 bits per heavy atom. The molecular weight excluding hydrogens is 649 g/mol. The molecule has 2 aliphatic carbocycles. The Morgan fingerprint density at radius 1 is 0.472 bits per heavy atom. The summed E-state index contributed by atoms with van der Waals surface area (Å²) in [7, 11) is 0. The van der Waals surface area contributed by atoms with Crippen molar-refractivity contribution in [2.24, 2.45) is 0 Å². The molecule has 4 nitrogen and oxygen atoms in total. The smallest absolute Gasteiger partial charge is 0.227 e. The molecule has 2 heterocycles. The van der Waals surface area contributed by atoms with Crippen molar-refractivity contribution in [3.05, 3.63) is 168 Å². The SMILES string of the molecule is CC1(C)c2ccccc2-c2c(N(c3ccc4oc5cc(-c6nc7ccccc7o6)ccc5c4c3)c3cccc4c3-c3ccccc3C4(C)C)cccc21. The van der Waals surface area contributed by atoms with Gasteiger partial charge in [-0.2, -0.15) is 0 Å². The second kappa shape index (κ2) is 10.6. The topological polar surface area (TPSA) is 42.4 Å². The Bertz CT molecular complexity index is 2840. The quantitative estimate of drug-likeness (QED) is 0.185. The average Bonchev–Trinajstić information content (AvgIpc) is 3.90. The van der Waals surface area contributed by atoms with E-state index in [1.54, 1.807) is 0 Å². The van der Waals surface area contributed by atoms with Crippen LogP contribution in [0, 0.1) is 0 Å². The summed E-state index contributed by atoms with van der Waals surface area (Å²) in [6.45, 7) is 9.40. The van der Waals surface area contributed by atoms with Crippen LogP contribution in [0.1, 0.15) is 49.9 Å². The zero-order valence-corrected chi connectivity index (χ0v) is 30.1. The van der Waals surface area contributed by atoms with Gasteiger partial charge in [0.05, 0.1) is 11.4 Å². The highest BCUT2D eigenvalue weighted by Gasteiger charge is 2.40. The monoisotopic (exact) mass is 684 g/mol. The fourth-order valence-electron chi connectivity index (χ4n) is 9.28. The number of benzene rings is 7. The van der Waals surface area contributed by atoms with Crippen LogP contribution >= 0.6 is 0 Å². The van der Waals surface area contributed by atoms with Crippen LogP contribution in [0.15, 0.2) is 154 Å². The number of aromatic nitrogens is 1. The minimum atomic E-state index is -0.127. The van der Waals surface area contributed by atoms with Crippen LogP contribution in [-0.4, -0.2) is 4.98 Å². The van der Waals surface area contributed by atoms with Gasteiger partial charge in [0.25, 0.3) is 0 Å². The van der Waals surface area contributed by atoms with Crippen LogP contribution in [0.25, 0.3) is 66.7 Å². The molecule has 2 aromatic heterocycles. The van der Waals surface area contributed by atoms with Crippen molar-refractivity contribution >= 4 is 50.1 Å². The molecule has 53 heavy (non-hydrogen) atoms. The molecule has 0 amide bonds. The van der Waals surface area contributed by atoms with Gasteiger partial charge in [0.2, 0.25) is 5.89 Å². The maximum Gasteiger partial charge on any atom is 0.227 e. The molecule has 0 unspecified atom stereocenters. The normalized spacial score (nSPS) is 14.7. The second-order valence-electron chi connectivity index (χ2n) is 15.6. The van der Waals surface area contributed by atoms with Gasteiger partial charge in [-0.25, -0.2) is 4.98 Å². The van der Waals surface area contributed by atoms with Gasteiger partial charge in [-0.15, -0.1) is 0 Å². The van der Waals surface area contributed by atoms with E-state index in [4.69, 9.17) is 13.8 Å². The van der Waals surface area contributed by atoms with E-state index in [1.165, 1.54) is 55.9 Å². The van der Waals surface area contributed by atoms with Crippen molar-refractivity contribution in [2.75, 3.05) is 4.90 Å². The largest absolute Gasteiger partial charge is 0.456 e. The predicted molar refractivity (Wildman–Crippen MR) is 217 cm³/mol. The first-order chi connectivity index (χ1) is 25.8. The lowest BCUT2D eigenvalue weighted by molar-refractivity contribution is 0.619. The summed E-state index contributed by atoms with van der Waals surface area (Å²) < 4.78 is 12.7. The fourth-order valence-corrected chi connectivity index (χ4v) is 9.28. The van der Waals surface area contributed by atoms with Gasteiger partial charge >= 0.3 is 0 Å². The minimum Gasteiger partial charge on any atom is -0.456 e. The summed E-state index contributed by atoms with van der Waals surface area (Å²) in [4.78, 5) is 7.24. The Kier molecular flexibility index (Phi) is 6.04. The van der Waals surface area contributed by atoms with Gasteiger partial charge in [-0.05, 0) is 94.0 Å². The van der Waals surface area contributed by atoms with Crippen molar-refractivity contribution in [2.45, 2.75) is 38.5 Å². The van der Waals surface area contributed by atoms with E-state index in [1.807, 2.05) is 30.3 Å². The molecule has 0 aliphatic heterocycles. The van der Waals surface area contributed by atoms with E-state index < -0.39 is 0 Å². The summed E-state index contributed by atoms with van der Waals surface area (Å²) in [5.74, 6) is 0.586. The molecule has 11 rings (SSSR count). The van der Waals surface area contributed by atoms with Crippen LogP contribution < -0.4 is 4.90 Å². The van der Waals surface area contributed by atoms with Crippen molar-refractivity contribution in [1.82, 2.24) is 4.98 Å². The summed E-state index contributed by atoms with van der Waals surface area (Å²) in [5, 5.41) is 2.12. The van der Waals surface area contributed by atoms with E-state index >= 15 is 0 Å². The second-order valence-corrected chi connectivity index (χ2v) is 15.6. The molecule has 4 heteroatoms. The van der Waals surface area contributed by atoms with Crippen molar-refractivity contribution < 1.29 is 8.83 Å². The lowest BCUT2D eigenvalue weighted by Crippen LogP contribution is -2.17. The first-order valence-electron chi connectivity index (χ1n) is 18.4. The molecular formula is C49H36N2O2. The molecule has 0 N–H and O–H groups in total. The molecule has 254 valence electrons. The van der Waals surface area contributed by atoms with E-state index in [0.717, 1.165) is 44.3 Å². The third kappa shape index (κ3) is 4.15. The third-order valence-electron chi connectivity index (χ3n) is 11.9. The molecule has 0 radical (unpaired) electrons. The molecule has 7 aromatic carbocycles. The summed E-state index contributed by atoms with van der Waals surface area (Å²) >= 11 is 0. The molecule has 0 saturated heterocycles. The van der Waals surface area contributed by atoms with Crippen LogP contribution in [0.5, 0.6) is 0 Å². The van der Waals surface area contributed by atoms with E-state index in [-0.39, 0.29) is 10.8 Å². The number of para-hydroxylation sites is 2. The van der Waals surface area contributed by atoms with Crippen LogP contribution in [0.2, 0.25) is 0 Å². The highest BCUT2D eigenvalue weighted by atomic mass is 16.3. The average molecular weight is 685 g/mol. The summed E-state index contributed by atoms with van der Waals surface area (Å²) in [6.07, 6.45) is 0. The van der Waals surface area contributed by atoms with Crippen LogP contribution in [0.4, 0.5) is 17.1 Å². The van der Waals surface area contributed by atoms with Gasteiger partial charge in [-0.3, -0.25) is 0 Å². The fraction of sp³-hybridized carbons (Fsp3) is 0.122. The van der Waals surface area contributed by atoms with Gasteiger partial charge < -0.3 is 13.7 Å². The minimum absolute atomic E-state index is 0.127. The predicted octanol–water partition coefficient (Wildman–Crippen LogP) is 13.5. The first-order valence-corrected chi connectivity index (χ1v) is 18.4. The molecule has 0 spiro atoms. The van der Waals surface area contributed by atoms with E-state index in [0.29, 0.717) is 5.89 Å². The Hall–Kier alpha value is -6.39. The Balaban J connectivity index is 1.16. The number of hydrogen-bond acceptors (Lipinski definition) is 4. The number of furan rings is 1. The van der Waals surface area contributed by atoms with Gasteiger partial charge in [0.15, 0.2) is 5.58 Å². The van der Waals surface area contributed by atoms with Gasteiger partial charge in [0, 0.05) is 44.0 Å². The zero-order valence-electron chi connectivity index (χ0n) is 30.1. The lowest BCUT2D eigenvalue weighted by Gasteiger charge is -2.31. The van der Waals surface area contributed by atoms with E-state index in [2.05, 4.69) is 148 Å². The maximum absolute atomic E-state index is 6.54. The van der Waals surface area contributed by atoms with Crippen molar-refractivity contribution in [3.8, 4) is 33.7 Å². The molecule has 0 atom stereocenters. The van der Waals surface area contributed by atoms with Gasteiger partial charge in [-0.1, -0.05) is 113 Å². The van der Waals surface area contributed by atoms with Crippen molar-refractivity contribution in [1.29, 1.82) is 0 Å². The molecule has 9 aromatic rings. The van der Waals surface area contributed by atoms with Crippen molar-refractivity contribution in [3.63, 3.8) is 0 Å². The Labute approximate surface area is 308 Å². The number of oxazole rings is 1.